The molecule has 0 aliphatic rings. The van der Waals surface area contributed by atoms with Crippen molar-refractivity contribution in [2.45, 2.75) is 124 Å². The number of carbonyl (C=O) groups is 2. The van der Waals surface area contributed by atoms with E-state index in [1.807, 2.05) is 30.3 Å². The van der Waals surface area contributed by atoms with Crippen LogP contribution in [-0.2, 0) is 25.3 Å². The van der Waals surface area contributed by atoms with E-state index < -0.39 is 38.8 Å². The summed E-state index contributed by atoms with van der Waals surface area (Å²) >= 11 is -3.20. The normalized spacial score (nSPS) is 13.6. The summed E-state index contributed by atoms with van der Waals surface area (Å²) in [7, 11) is -0.700. The molecule has 40 heavy (non-hydrogen) atoms. The Morgan fingerprint density at radius 3 is 1.93 bits per heavy atom. The van der Waals surface area contributed by atoms with Crippen LogP contribution in [0.5, 0.6) is 0 Å². The van der Waals surface area contributed by atoms with Crippen molar-refractivity contribution >= 4 is 38.8 Å². The first kappa shape index (κ1) is 36.7. The number of methoxy groups -OCH3 is 1. The first-order valence-electron chi connectivity index (χ1n) is 15.3. The van der Waals surface area contributed by atoms with E-state index in [1.165, 1.54) is 7.11 Å². The van der Waals surface area contributed by atoms with Gasteiger partial charge in [-0.05, 0) is 0 Å². The van der Waals surface area contributed by atoms with Crippen molar-refractivity contribution < 1.29 is 23.5 Å². The van der Waals surface area contributed by atoms with Gasteiger partial charge in [0.25, 0.3) is 0 Å². The van der Waals surface area contributed by atoms with E-state index >= 15 is 0 Å². The van der Waals surface area contributed by atoms with Crippen LogP contribution >= 0.6 is 0 Å². The minimum absolute atomic E-state index is 0.0184. The predicted octanol–water partition coefficient (Wildman–Crippen LogP) is 8.79. The number of alkyl carbamates (subject to hydrolysis) is 1. The molecule has 0 spiro atoms. The van der Waals surface area contributed by atoms with Gasteiger partial charge in [-0.2, -0.15) is 0 Å². The van der Waals surface area contributed by atoms with Crippen LogP contribution in [0.15, 0.2) is 40.0 Å². The second-order valence-corrected chi connectivity index (χ2v) is 30.6. The molecule has 1 atom stereocenters. The van der Waals surface area contributed by atoms with Crippen LogP contribution in [0, 0.1) is 0 Å². The van der Waals surface area contributed by atoms with Crippen molar-refractivity contribution in [1.29, 1.82) is 0 Å². The number of benzene rings is 1. The SMILES string of the molecule is CCC[CH2][Sn]([CH2]CCC)([CH2]CCC)/[C](=C/C(=O)OC)[C@H](CO[Si](C)(C)C(C)(C)C)NC(=O)OCc1ccccc1. The molecule has 0 heterocycles. The molecular formula is C32H57NO5SiSn. The maximum absolute atomic E-state index is 13.3. The van der Waals surface area contributed by atoms with Gasteiger partial charge in [0.15, 0.2) is 0 Å². The quantitative estimate of drug-likeness (QED) is 0.0953. The molecular weight excluding hydrogens is 625 g/mol. The number of unbranched alkanes of at least 4 members (excludes halogenated alkanes) is 3. The Bertz CT molecular complexity index is 892. The van der Waals surface area contributed by atoms with Gasteiger partial charge in [0.1, 0.15) is 0 Å². The molecule has 1 N–H and O–H groups in total. The zero-order valence-electron chi connectivity index (χ0n) is 26.9. The molecule has 0 fully saturated rings. The summed E-state index contributed by atoms with van der Waals surface area (Å²) in [6.07, 6.45) is 7.99. The number of rotatable bonds is 18. The number of esters is 1. The van der Waals surface area contributed by atoms with Gasteiger partial charge in [0.05, 0.1) is 0 Å². The molecule has 0 aliphatic carbocycles. The monoisotopic (exact) mass is 683 g/mol. The van der Waals surface area contributed by atoms with Gasteiger partial charge in [-0.1, -0.05) is 0 Å². The molecule has 8 heteroatoms. The molecule has 1 rings (SSSR count). The van der Waals surface area contributed by atoms with E-state index in [4.69, 9.17) is 13.9 Å². The molecule has 1 amide bonds. The van der Waals surface area contributed by atoms with E-state index in [9.17, 15) is 9.59 Å². The van der Waals surface area contributed by atoms with Gasteiger partial charge in [0, 0.05) is 0 Å². The van der Waals surface area contributed by atoms with Crippen molar-refractivity contribution in [2.75, 3.05) is 13.7 Å². The van der Waals surface area contributed by atoms with E-state index in [-0.39, 0.29) is 17.6 Å². The maximum atomic E-state index is 13.3. The summed E-state index contributed by atoms with van der Waals surface area (Å²) in [5, 5.41) is 3.21. The van der Waals surface area contributed by atoms with Crippen LogP contribution in [0.2, 0.25) is 31.4 Å². The third kappa shape index (κ3) is 12.3. The summed E-state index contributed by atoms with van der Waals surface area (Å²) in [4.78, 5) is 26.2. The van der Waals surface area contributed by atoms with Crippen molar-refractivity contribution in [3.05, 3.63) is 45.6 Å². The Labute approximate surface area is 250 Å². The van der Waals surface area contributed by atoms with Crippen LogP contribution in [0.1, 0.15) is 85.6 Å². The van der Waals surface area contributed by atoms with Crippen LogP contribution < -0.4 is 5.32 Å². The summed E-state index contributed by atoms with van der Waals surface area (Å²) in [5.74, 6) is -0.350. The molecule has 0 bridgehead atoms. The summed E-state index contributed by atoms with van der Waals surface area (Å²) in [5.41, 5.74) is 0.930. The zero-order chi connectivity index (χ0) is 30.2. The number of nitrogens with one attached hydrogen (secondary N) is 1. The van der Waals surface area contributed by atoms with Gasteiger partial charge in [-0.15, -0.1) is 0 Å². The number of amides is 1. The topological polar surface area (TPSA) is 73.9 Å². The van der Waals surface area contributed by atoms with Crippen LogP contribution in [0.4, 0.5) is 4.79 Å². The van der Waals surface area contributed by atoms with E-state index in [0.29, 0.717) is 6.61 Å². The van der Waals surface area contributed by atoms with Gasteiger partial charge >= 0.3 is 251 Å². The Balaban J connectivity index is 3.57. The van der Waals surface area contributed by atoms with Crippen molar-refractivity contribution in [2.24, 2.45) is 0 Å². The third-order valence-corrected chi connectivity index (χ3v) is 29.0. The zero-order valence-corrected chi connectivity index (χ0v) is 30.7. The van der Waals surface area contributed by atoms with Gasteiger partial charge in [-0.25, -0.2) is 0 Å². The molecule has 0 radical (unpaired) electrons. The van der Waals surface area contributed by atoms with E-state index in [0.717, 1.165) is 61.0 Å². The molecule has 0 saturated heterocycles. The summed E-state index contributed by atoms with van der Waals surface area (Å²) < 4.78 is 22.2. The molecule has 0 aliphatic heterocycles. The van der Waals surface area contributed by atoms with Crippen LogP contribution in [0.25, 0.3) is 0 Å². The molecule has 0 aromatic heterocycles. The van der Waals surface area contributed by atoms with Gasteiger partial charge < -0.3 is 0 Å². The second kappa shape index (κ2) is 18.3. The number of hydrogen-bond acceptors (Lipinski definition) is 5. The fourth-order valence-electron chi connectivity index (χ4n) is 4.79. The van der Waals surface area contributed by atoms with Crippen LogP contribution in [-0.4, -0.2) is 58.5 Å². The van der Waals surface area contributed by atoms with Gasteiger partial charge in [-0.3, -0.25) is 0 Å². The fourth-order valence-corrected chi connectivity index (χ4v) is 23.0. The Morgan fingerprint density at radius 1 is 0.950 bits per heavy atom. The van der Waals surface area contributed by atoms with Crippen molar-refractivity contribution in [1.82, 2.24) is 5.32 Å². The van der Waals surface area contributed by atoms with E-state index in [1.54, 1.807) is 6.08 Å². The summed E-state index contributed by atoms with van der Waals surface area (Å²) in [6, 6.07) is 9.27. The van der Waals surface area contributed by atoms with Crippen molar-refractivity contribution in [3.63, 3.8) is 0 Å². The second-order valence-electron chi connectivity index (χ2n) is 12.5. The Morgan fingerprint density at radius 2 is 1.48 bits per heavy atom. The molecule has 0 saturated carbocycles. The molecule has 1 aromatic carbocycles. The average molecular weight is 683 g/mol. The molecule has 228 valence electrons. The first-order valence-corrected chi connectivity index (χ1v) is 25.7. The fraction of sp³-hybridized carbons (Fsp3) is 0.688. The molecule has 6 nitrogen and oxygen atoms in total. The molecule has 0 unspecified atom stereocenters. The number of ether oxygens (including phenoxy) is 2. The average Bonchev–Trinajstić information content (AvgIpc) is 2.92. The Hall–Kier alpha value is -1.32. The standard InChI is InChI=1S/C20H30NO5Si.3C4H9.Sn/c1-20(2,3)27(5,6)26-15-17(12-13-18(22)24-4)21-19(23)25-14-16-10-8-7-9-11-16;3*1-3-4-2;/h7-11,13,17H,14-15H2,1-6H3,(H,21,23);3*1,3-4H2,2H3;/t17-;;;;/m1..../s1. The van der Waals surface area contributed by atoms with Crippen LogP contribution in [0.3, 0.4) is 0 Å². The summed E-state index contributed by atoms with van der Waals surface area (Å²) in [6.45, 7) is 18.3. The predicted molar refractivity (Wildman–Crippen MR) is 172 cm³/mol. The first-order chi connectivity index (χ1) is 18.9. The number of carbonyl (C=O) groups excluding carboxylic acids is 2. The van der Waals surface area contributed by atoms with Gasteiger partial charge in [0.2, 0.25) is 0 Å². The third-order valence-electron chi connectivity index (χ3n) is 8.41. The molecule has 1 aromatic rings. The van der Waals surface area contributed by atoms with Crippen molar-refractivity contribution in [3.8, 4) is 0 Å². The number of hydrogen-bond donors (Lipinski definition) is 1. The van der Waals surface area contributed by atoms with E-state index in [2.05, 4.69) is 60.0 Å². The minimum atomic E-state index is -3.20. The Kier molecular flexibility index (Phi) is 16.8.